The van der Waals surface area contributed by atoms with Crippen molar-refractivity contribution in [3.8, 4) is 5.88 Å². The quantitative estimate of drug-likeness (QED) is 0.850. The maximum absolute atomic E-state index is 5.87. The first kappa shape index (κ1) is 15.5. The highest BCUT2D eigenvalue weighted by molar-refractivity contribution is 6.30. The highest BCUT2D eigenvalue weighted by Gasteiger charge is 2.05. The molecule has 1 heterocycles. The Balaban J connectivity index is 2.08. The molecule has 2 rings (SSSR count). The Kier molecular flexibility index (Phi) is 5.78. The molecule has 0 amide bonds. The molecule has 5 nitrogen and oxygen atoms in total. The van der Waals surface area contributed by atoms with E-state index in [4.69, 9.17) is 21.1 Å². The Morgan fingerprint density at radius 3 is 2.62 bits per heavy atom. The molecular formula is C15H18ClN3O2. The van der Waals surface area contributed by atoms with Gasteiger partial charge in [-0.25, -0.2) is 4.98 Å². The zero-order chi connectivity index (χ0) is 15.1. The molecule has 0 fully saturated rings. The summed E-state index contributed by atoms with van der Waals surface area (Å²) in [4.78, 5) is 8.65. The summed E-state index contributed by atoms with van der Waals surface area (Å²) in [6.07, 6.45) is 0. The molecule has 0 aliphatic rings. The van der Waals surface area contributed by atoms with Crippen LogP contribution in [0, 0.1) is 0 Å². The number of hydrogen-bond donors (Lipinski definition) is 1. The highest BCUT2D eigenvalue weighted by atomic mass is 35.5. The van der Waals surface area contributed by atoms with Crippen LogP contribution in [0.15, 0.2) is 30.3 Å². The Morgan fingerprint density at radius 1 is 1.19 bits per heavy atom. The van der Waals surface area contributed by atoms with Gasteiger partial charge in [-0.15, -0.1) is 0 Å². The Bertz CT molecular complexity index is 551. The number of methoxy groups -OCH3 is 1. The Hall–Kier alpha value is -1.85. The molecule has 1 N–H and O–H groups in total. The van der Waals surface area contributed by atoms with Crippen LogP contribution in [-0.4, -0.2) is 23.7 Å². The predicted molar refractivity (Wildman–Crippen MR) is 82.7 cm³/mol. The van der Waals surface area contributed by atoms with Gasteiger partial charge < -0.3 is 14.8 Å². The molecule has 0 saturated carbocycles. The molecular weight excluding hydrogens is 290 g/mol. The number of rotatable bonds is 7. The van der Waals surface area contributed by atoms with E-state index in [0.717, 1.165) is 10.6 Å². The SMILES string of the molecule is CCOc1cc(NCc2ccc(Cl)cc2)nc(COC)n1. The molecule has 0 radical (unpaired) electrons. The second kappa shape index (κ2) is 7.81. The molecule has 0 unspecified atom stereocenters. The molecule has 1 aromatic heterocycles. The van der Waals surface area contributed by atoms with Gasteiger partial charge >= 0.3 is 0 Å². The van der Waals surface area contributed by atoms with E-state index in [1.807, 2.05) is 31.2 Å². The van der Waals surface area contributed by atoms with Crippen molar-refractivity contribution in [3.63, 3.8) is 0 Å². The maximum Gasteiger partial charge on any atom is 0.218 e. The fourth-order valence-electron chi connectivity index (χ4n) is 1.77. The fraction of sp³-hybridized carbons (Fsp3) is 0.333. The number of hydrogen-bond acceptors (Lipinski definition) is 5. The highest BCUT2D eigenvalue weighted by Crippen LogP contribution is 2.16. The van der Waals surface area contributed by atoms with E-state index < -0.39 is 0 Å². The molecule has 0 atom stereocenters. The molecule has 0 saturated heterocycles. The summed E-state index contributed by atoms with van der Waals surface area (Å²) in [7, 11) is 1.61. The van der Waals surface area contributed by atoms with Gasteiger partial charge in [0.05, 0.1) is 6.61 Å². The number of nitrogens with zero attached hydrogens (tertiary/aromatic N) is 2. The average Bonchev–Trinajstić information content (AvgIpc) is 2.47. The van der Waals surface area contributed by atoms with Crippen molar-refractivity contribution >= 4 is 17.4 Å². The zero-order valence-electron chi connectivity index (χ0n) is 12.1. The third kappa shape index (κ3) is 4.88. The van der Waals surface area contributed by atoms with Gasteiger partial charge in [-0.1, -0.05) is 23.7 Å². The minimum absolute atomic E-state index is 0.344. The van der Waals surface area contributed by atoms with Crippen LogP contribution in [0.5, 0.6) is 5.88 Å². The third-order valence-corrected chi connectivity index (χ3v) is 2.95. The van der Waals surface area contributed by atoms with Crippen molar-refractivity contribution < 1.29 is 9.47 Å². The van der Waals surface area contributed by atoms with Gasteiger partial charge in [-0.3, -0.25) is 0 Å². The Labute approximate surface area is 129 Å². The van der Waals surface area contributed by atoms with Crippen LogP contribution in [0.3, 0.4) is 0 Å². The molecule has 0 spiro atoms. The van der Waals surface area contributed by atoms with E-state index in [1.165, 1.54) is 0 Å². The number of anilines is 1. The monoisotopic (exact) mass is 307 g/mol. The second-order valence-electron chi connectivity index (χ2n) is 4.35. The smallest absolute Gasteiger partial charge is 0.218 e. The molecule has 112 valence electrons. The van der Waals surface area contributed by atoms with Crippen molar-refractivity contribution in [2.75, 3.05) is 19.0 Å². The molecule has 6 heteroatoms. The first-order chi connectivity index (χ1) is 10.2. The van der Waals surface area contributed by atoms with E-state index in [0.29, 0.717) is 37.3 Å². The van der Waals surface area contributed by atoms with Crippen LogP contribution in [0.1, 0.15) is 18.3 Å². The van der Waals surface area contributed by atoms with E-state index >= 15 is 0 Å². The maximum atomic E-state index is 5.87. The lowest BCUT2D eigenvalue weighted by molar-refractivity contribution is 0.176. The largest absolute Gasteiger partial charge is 0.478 e. The van der Waals surface area contributed by atoms with Gasteiger partial charge in [0.15, 0.2) is 5.82 Å². The lowest BCUT2D eigenvalue weighted by atomic mass is 10.2. The topological polar surface area (TPSA) is 56.3 Å². The molecule has 0 aliphatic carbocycles. The minimum atomic E-state index is 0.344. The van der Waals surface area contributed by atoms with E-state index in [-0.39, 0.29) is 0 Å². The van der Waals surface area contributed by atoms with Gasteiger partial charge in [-0.2, -0.15) is 4.98 Å². The lowest BCUT2D eigenvalue weighted by Gasteiger charge is -2.10. The van der Waals surface area contributed by atoms with Crippen molar-refractivity contribution in [3.05, 3.63) is 46.7 Å². The normalized spacial score (nSPS) is 10.4. The van der Waals surface area contributed by atoms with Gasteiger partial charge in [0.25, 0.3) is 0 Å². The van der Waals surface area contributed by atoms with Crippen LogP contribution in [0.4, 0.5) is 5.82 Å². The van der Waals surface area contributed by atoms with E-state index in [9.17, 15) is 0 Å². The van der Waals surface area contributed by atoms with Crippen molar-refractivity contribution in [2.45, 2.75) is 20.1 Å². The lowest BCUT2D eigenvalue weighted by Crippen LogP contribution is -2.07. The van der Waals surface area contributed by atoms with Gasteiger partial charge in [-0.05, 0) is 24.6 Å². The second-order valence-corrected chi connectivity index (χ2v) is 4.79. The molecule has 21 heavy (non-hydrogen) atoms. The van der Waals surface area contributed by atoms with Crippen LogP contribution >= 0.6 is 11.6 Å². The fourth-order valence-corrected chi connectivity index (χ4v) is 1.90. The van der Waals surface area contributed by atoms with E-state index in [1.54, 1.807) is 13.2 Å². The Morgan fingerprint density at radius 2 is 1.95 bits per heavy atom. The molecule has 0 aliphatic heterocycles. The van der Waals surface area contributed by atoms with Crippen molar-refractivity contribution in [2.24, 2.45) is 0 Å². The summed E-state index contributed by atoms with van der Waals surface area (Å²) in [6, 6.07) is 9.44. The number of benzene rings is 1. The molecule has 2 aromatic rings. The van der Waals surface area contributed by atoms with Crippen LogP contribution in [0.2, 0.25) is 5.02 Å². The van der Waals surface area contributed by atoms with Crippen LogP contribution < -0.4 is 10.1 Å². The molecule has 0 bridgehead atoms. The number of halogens is 1. The summed E-state index contributed by atoms with van der Waals surface area (Å²) >= 11 is 5.87. The predicted octanol–water partition coefficient (Wildman–Crippen LogP) is 3.29. The number of nitrogens with one attached hydrogen (secondary N) is 1. The van der Waals surface area contributed by atoms with Crippen molar-refractivity contribution in [1.82, 2.24) is 9.97 Å². The third-order valence-electron chi connectivity index (χ3n) is 2.70. The number of aromatic nitrogens is 2. The van der Waals surface area contributed by atoms with Crippen LogP contribution in [0.25, 0.3) is 0 Å². The first-order valence-electron chi connectivity index (χ1n) is 6.69. The zero-order valence-corrected chi connectivity index (χ0v) is 12.9. The van der Waals surface area contributed by atoms with Gasteiger partial charge in [0, 0.05) is 24.7 Å². The number of ether oxygens (including phenoxy) is 2. The summed E-state index contributed by atoms with van der Waals surface area (Å²) in [5, 5.41) is 3.97. The average molecular weight is 308 g/mol. The standard InChI is InChI=1S/C15H18ClN3O2/c1-3-21-15-8-13(18-14(19-15)10-20-2)17-9-11-4-6-12(16)7-5-11/h4-8H,3,9-10H2,1-2H3,(H,17,18,19). The summed E-state index contributed by atoms with van der Waals surface area (Å²) < 4.78 is 10.5. The summed E-state index contributed by atoms with van der Waals surface area (Å²) in [6.45, 7) is 3.46. The van der Waals surface area contributed by atoms with Gasteiger partial charge in [0.2, 0.25) is 5.88 Å². The first-order valence-corrected chi connectivity index (χ1v) is 7.07. The van der Waals surface area contributed by atoms with Crippen LogP contribution in [-0.2, 0) is 17.9 Å². The molecule has 1 aromatic carbocycles. The van der Waals surface area contributed by atoms with E-state index in [2.05, 4.69) is 15.3 Å². The van der Waals surface area contributed by atoms with Gasteiger partial charge in [0.1, 0.15) is 12.4 Å². The minimum Gasteiger partial charge on any atom is -0.478 e. The summed E-state index contributed by atoms with van der Waals surface area (Å²) in [5.74, 6) is 1.83. The van der Waals surface area contributed by atoms with Crippen molar-refractivity contribution in [1.29, 1.82) is 0 Å². The summed E-state index contributed by atoms with van der Waals surface area (Å²) in [5.41, 5.74) is 1.12.